The van der Waals surface area contributed by atoms with Gasteiger partial charge in [0, 0.05) is 11.1 Å². The molecule has 0 saturated carbocycles. The Bertz CT molecular complexity index is 658. The summed E-state index contributed by atoms with van der Waals surface area (Å²) in [6.07, 6.45) is 0. The van der Waals surface area contributed by atoms with Crippen LogP contribution in [0.5, 0.6) is 0 Å². The summed E-state index contributed by atoms with van der Waals surface area (Å²) in [5.74, 6) is -0.138. The molecule has 19 heavy (non-hydrogen) atoms. The van der Waals surface area contributed by atoms with E-state index in [1.54, 1.807) is 30.5 Å². The smallest absolute Gasteiger partial charge is 0.256 e. The highest BCUT2D eigenvalue weighted by molar-refractivity contribution is 7.91. The molecule has 2 aromatic rings. The van der Waals surface area contributed by atoms with E-state index in [4.69, 9.17) is 0 Å². The van der Waals surface area contributed by atoms with Gasteiger partial charge in [-0.2, -0.15) is 11.3 Å². The largest absolute Gasteiger partial charge is 0.322 e. The van der Waals surface area contributed by atoms with Crippen molar-refractivity contribution in [1.29, 1.82) is 0 Å². The summed E-state index contributed by atoms with van der Waals surface area (Å²) in [6.45, 7) is 1.60. The van der Waals surface area contributed by atoms with E-state index in [0.717, 1.165) is 0 Å². The number of thiophene rings is 1. The third-order valence-corrected chi connectivity index (χ3v) is 5.07. The van der Waals surface area contributed by atoms with Crippen LogP contribution in [0.4, 0.5) is 5.69 Å². The summed E-state index contributed by atoms with van der Waals surface area (Å²) >= 11 is 1.45. The molecule has 0 radical (unpaired) electrons. The second-order valence-corrected chi connectivity index (χ2v) is 6.95. The van der Waals surface area contributed by atoms with Crippen molar-refractivity contribution < 1.29 is 13.2 Å². The van der Waals surface area contributed by atoms with E-state index in [0.29, 0.717) is 11.3 Å². The summed E-state index contributed by atoms with van der Waals surface area (Å²) in [6, 6.07) is 7.92. The zero-order valence-corrected chi connectivity index (χ0v) is 11.9. The van der Waals surface area contributed by atoms with E-state index < -0.39 is 9.84 Å². The van der Waals surface area contributed by atoms with Gasteiger partial charge in [-0.15, -0.1) is 0 Å². The molecule has 0 bridgehead atoms. The topological polar surface area (TPSA) is 63.2 Å². The molecule has 1 amide bonds. The van der Waals surface area contributed by atoms with Crippen LogP contribution in [-0.4, -0.2) is 20.1 Å². The maximum Gasteiger partial charge on any atom is 0.256 e. The van der Waals surface area contributed by atoms with Gasteiger partial charge in [0.25, 0.3) is 5.91 Å². The fourth-order valence-corrected chi connectivity index (χ4v) is 3.03. The van der Waals surface area contributed by atoms with E-state index in [2.05, 4.69) is 5.32 Å². The van der Waals surface area contributed by atoms with Gasteiger partial charge in [-0.25, -0.2) is 8.42 Å². The number of sulfone groups is 1. The minimum atomic E-state index is -3.20. The van der Waals surface area contributed by atoms with Gasteiger partial charge in [0.1, 0.15) is 0 Å². The summed E-state index contributed by atoms with van der Waals surface area (Å²) < 4.78 is 23.3. The van der Waals surface area contributed by atoms with Gasteiger partial charge in [-0.3, -0.25) is 4.79 Å². The Kier molecular flexibility index (Phi) is 4.01. The fourth-order valence-electron chi connectivity index (χ4n) is 1.51. The molecule has 4 nitrogen and oxygen atoms in total. The van der Waals surface area contributed by atoms with Crippen LogP contribution < -0.4 is 5.32 Å². The summed E-state index contributed by atoms with van der Waals surface area (Å²) in [4.78, 5) is 12.1. The van der Waals surface area contributed by atoms with E-state index >= 15 is 0 Å². The molecule has 0 spiro atoms. The summed E-state index contributed by atoms with van der Waals surface area (Å²) in [7, 11) is -3.20. The quantitative estimate of drug-likeness (QED) is 0.943. The number of carbonyl (C=O) groups is 1. The molecule has 6 heteroatoms. The number of hydrogen-bond donors (Lipinski definition) is 1. The molecule has 0 aliphatic rings. The average Bonchev–Trinajstić information content (AvgIpc) is 2.93. The maximum absolute atomic E-state index is 11.8. The molecule has 0 fully saturated rings. The van der Waals surface area contributed by atoms with Crippen LogP contribution >= 0.6 is 11.3 Å². The molecule has 0 aliphatic heterocycles. The summed E-state index contributed by atoms with van der Waals surface area (Å²) in [5, 5.41) is 6.29. The SMILES string of the molecule is CCS(=O)(=O)c1ccc(NC(=O)c2ccsc2)cc1. The number of benzene rings is 1. The number of anilines is 1. The fraction of sp³-hybridized carbons (Fsp3) is 0.154. The van der Waals surface area contributed by atoms with Crippen LogP contribution in [0.3, 0.4) is 0 Å². The van der Waals surface area contributed by atoms with Crippen LogP contribution in [0, 0.1) is 0 Å². The van der Waals surface area contributed by atoms with Crippen LogP contribution in [0.15, 0.2) is 46.0 Å². The lowest BCUT2D eigenvalue weighted by molar-refractivity contribution is 0.102. The highest BCUT2D eigenvalue weighted by Crippen LogP contribution is 2.16. The number of rotatable bonds is 4. The number of hydrogen-bond acceptors (Lipinski definition) is 4. The molecular formula is C13H13NO3S2. The molecule has 0 saturated heterocycles. The highest BCUT2D eigenvalue weighted by atomic mass is 32.2. The molecule has 1 aromatic heterocycles. The third-order valence-electron chi connectivity index (χ3n) is 2.63. The Morgan fingerprint density at radius 3 is 2.42 bits per heavy atom. The van der Waals surface area contributed by atoms with Gasteiger partial charge < -0.3 is 5.32 Å². The average molecular weight is 295 g/mol. The van der Waals surface area contributed by atoms with Crippen molar-refractivity contribution in [3.63, 3.8) is 0 Å². The number of carbonyl (C=O) groups excluding carboxylic acids is 1. The van der Waals surface area contributed by atoms with Crippen molar-refractivity contribution >= 4 is 32.8 Å². The Hall–Kier alpha value is -1.66. The van der Waals surface area contributed by atoms with Crippen molar-refractivity contribution in [2.45, 2.75) is 11.8 Å². The first-order valence-electron chi connectivity index (χ1n) is 5.69. The monoisotopic (exact) mass is 295 g/mol. The highest BCUT2D eigenvalue weighted by Gasteiger charge is 2.11. The van der Waals surface area contributed by atoms with E-state index in [-0.39, 0.29) is 16.6 Å². The normalized spacial score (nSPS) is 11.2. The van der Waals surface area contributed by atoms with Gasteiger partial charge >= 0.3 is 0 Å². The number of nitrogens with one attached hydrogen (secondary N) is 1. The molecule has 0 aliphatic carbocycles. The maximum atomic E-state index is 11.8. The molecule has 1 heterocycles. The standard InChI is InChI=1S/C13H13NO3S2/c1-2-19(16,17)12-5-3-11(4-6-12)14-13(15)10-7-8-18-9-10/h3-9H,2H2,1H3,(H,14,15). The lowest BCUT2D eigenvalue weighted by atomic mass is 10.3. The lowest BCUT2D eigenvalue weighted by Gasteiger charge is -2.05. The van der Waals surface area contributed by atoms with E-state index in [1.807, 2.05) is 5.38 Å². The first-order valence-corrected chi connectivity index (χ1v) is 8.29. The molecule has 1 N–H and O–H groups in total. The first-order chi connectivity index (χ1) is 9.03. The molecule has 1 aromatic carbocycles. The van der Waals surface area contributed by atoms with E-state index in [9.17, 15) is 13.2 Å². The van der Waals surface area contributed by atoms with Crippen molar-refractivity contribution in [2.75, 3.05) is 11.1 Å². The molecule has 100 valence electrons. The predicted molar refractivity (Wildman–Crippen MR) is 76.4 cm³/mol. The Labute approximate surface area is 116 Å². The lowest BCUT2D eigenvalue weighted by Crippen LogP contribution is -2.11. The zero-order valence-electron chi connectivity index (χ0n) is 10.3. The summed E-state index contributed by atoms with van der Waals surface area (Å²) in [5.41, 5.74) is 1.17. The Balaban J connectivity index is 2.14. The minimum absolute atomic E-state index is 0.0631. The van der Waals surface area contributed by atoms with Crippen LogP contribution in [0.2, 0.25) is 0 Å². The minimum Gasteiger partial charge on any atom is -0.322 e. The van der Waals surface area contributed by atoms with Crippen molar-refractivity contribution in [2.24, 2.45) is 0 Å². The van der Waals surface area contributed by atoms with Gasteiger partial charge in [-0.05, 0) is 35.7 Å². The predicted octanol–water partition coefficient (Wildman–Crippen LogP) is 2.79. The number of amides is 1. The van der Waals surface area contributed by atoms with Gasteiger partial charge in [0.2, 0.25) is 0 Å². The molecular weight excluding hydrogens is 282 g/mol. The van der Waals surface area contributed by atoms with Crippen molar-refractivity contribution in [3.8, 4) is 0 Å². The third kappa shape index (κ3) is 3.21. The molecule has 0 atom stereocenters. The second kappa shape index (κ2) is 5.54. The molecule has 2 rings (SSSR count). The second-order valence-electron chi connectivity index (χ2n) is 3.89. The van der Waals surface area contributed by atoms with Gasteiger partial charge in [0.05, 0.1) is 16.2 Å². The Morgan fingerprint density at radius 1 is 1.21 bits per heavy atom. The molecule has 0 unspecified atom stereocenters. The van der Waals surface area contributed by atoms with Crippen LogP contribution in [-0.2, 0) is 9.84 Å². The van der Waals surface area contributed by atoms with Crippen molar-refractivity contribution in [3.05, 3.63) is 46.7 Å². The van der Waals surface area contributed by atoms with Gasteiger partial charge in [0.15, 0.2) is 9.84 Å². The Morgan fingerprint density at radius 2 is 1.89 bits per heavy atom. The van der Waals surface area contributed by atoms with E-state index in [1.165, 1.54) is 23.5 Å². The first kappa shape index (κ1) is 13.8. The van der Waals surface area contributed by atoms with Crippen LogP contribution in [0.1, 0.15) is 17.3 Å². The van der Waals surface area contributed by atoms with Crippen LogP contribution in [0.25, 0.3) is 0 Å². The van der Waals surface area contributed by atoms with Gasteiger partial charge in [-0.1, -0.05) is 6.92 Å². The zero-order chi connectivity index (χ0) is 13.9. The van der Waals surface area contributed by atoms with Crippen molar-refractivity contribution in [1.82, 2.24) is 0 Å².